The molecule has 0 saturated carbocycles. The summed E-state index contributed by atoms with van der Waals surface area (Å²) >= 11 is 0. The summed E-state index contributed by atoms with van der Waals surface area (Å²) in [5.41, 5.74) is 4.30. The summed E-state index contributed by atoms with van der Waals surface area (Å²) in [6, 6.07) is 31.2. The van der Waals surface area contributed by atoms with Crippen molar-refractivity contribution in [2.45, 2.75) is 13.0 Å². The fraction of sp³-hybridized carbons (Fsp3) is 0.125. The maximum absolute atomic E-state index is 5.89. The van der Waals surface area contributed by atoms with E-state index in [9.17, 15) is 0 Å². The second-order valence-corrected chi connectivity index (χ2v) is 6.65. The summed E-state index contributed by atoms with van der Waals surface area (Å²) in [7, 11) is 1.73. The lowest BCUT2D eigenvalue weighted by Gasteiger charge is -2.34. The van der Waals surface area contributed by atoms with Crippen molar-refractivity contribution < 1.29 is 4.74 Å². The third-order valence-electron chi connectivity index (χ3n) is 5.13. The van der Waals surface area contributed by atoms with Crippen LogP contribution < -0.4 is 4.59 Å². The van der Waals surface area contributed by atoms with Gasteiger partial charge in [0.15, 0.2) is 5.69 Å². The minimum absolute atomic E-state index is 0.0565. The van der Waals surface area contributed by atoms with Gasteiger partial charge in [-0.05, 0) is 6.92 Å². The molecule has 0 aliphatic carbocycles. The Kier molecular flexibility index (Phi) is 4.61. The molecule has 3 aromatic carbocycles. The minimum Gasteiger partial charge on any atom is -0.453 e. The number of allylic oxidation sites excluding steroid dienone is 1. The zero-order chi connectivity index (χ0) is 18.7. The lowest BCUT2D eigenvalue weighted by atomic mass is 10.1. The van der Waals surface area contributed by atoms with Crippen LogP contribution in [0.3, 0.4) is 0 Å². The summed E-state index contributed by atoms with van der Waals surface area (Å²) in [5.74, 6) is 0.816. The first-order valence-corrected chi connectivity index (χ1v) is 9.17. The number of para-hydroxylation sites is 1. The third-order valence-corrected chi connectivity index (χ3v) is 5.13. The summed E-state index contributed by atoms with van der Waals surface area (Å²) in [6.07, 6.45) is 2.06. The van der Waals surface area contributed by atoms with Crippen molar-refractivity contribution in [1.82, 2.24) is 4.59 Å². The number of quaternary nitrogens is 1. The molecule has 0 fully saturated rings. The van der Waals surface area contributed by atoms with E-state index in [1.165, 1.54) is 5.56 Å². The van der Waals surface area contributed by atoms with E-state index in [0.717, 1.165) is 22.8 Å². The summed E-state index contributed by atoms with van der Waals surface area (Å²) in [6.45, 7) is 2.20. The molecule has 1 heterocycles. The Labute approximate surface area is 160 Å². The molecular weight excluding hydrogens is 332 g/mol. The van der Waals surface area contributed by atoms with Gasteiger partial charge in [-0.25, -0.2) is 0 Å². The Morgan fingerprint density at radius 3 is 1.93 bits per heavy atom. The van der Waals surface area contributed by atoms with Crippen LogP contribution in [0, 0.1) is 0 Å². The van der Waals surface area contributed by atoms with Crippen molar-refractivity contribution in [2.75, 3.05) is 7.11 Å². The molecule has 134 valence electrons. The molecule has 1 aliphatic rings. The molecule has 0 amide bonds. The average molecular weight is 355 g/mol. The molecule has 0 saturated heterocycles. The Morgan fingerprint density at radius 1 is 0.778 bits per heavy atom. The first-order valence-electron chi connectivity index (χ1n) is 9.17. The maximum atomic E-state index is 5.89. The van der Waals surface area contributed by atoms with Gasteiger partial charge in [-0.3, -0.25) is 0 Å². The van der Waals surface area contributed by atoms with Gasteiger partial charge < -0.3 is 4.74 Å². The van der Waals surface area contributed by atoms with Gasteiger partial charge in [0, 0.05) is 23.3 Å². The topological polar surface area (TPSA) is 21.6 Å². The van der Waals surface area contributed by atoms with Gasteiger partial charge in [-0.1, -0.05) is 88.6 Å². The second kappa shape index (κ2) is 7.22. The van der Waals surface area contributed by atoms with Gasteiger partial charge in [0.05, 0.1) is 13.2 Å². The minimum atomic E-state index is 0.0565. The SMILES string of the molecule is COC1=CC(c2ccccc2)=N[N+]1(c1ccccc1)C(C)c1ccccc1. The summed E-state index contributed by atoms with van der Waals surface area (Å²) in [4.78, 5) is 0. The van der Waals surface area contributed by atoms with Gasteiger partial charge in [-0.15, -0.1) is 0 Å². The molecule has 3 heteroatoms. The van der Waals surface area contributed by atoms with Crippen molar-refractivity contribution in [3.05, 3.63) is 114 Å². The highest BCUT2D eigenvalue weighted by Gasteiger charge is 2.48. The van der Waals surface area contributed by atoms with Crippen LogP contribution in [0.4, 0.5) is 5.69 Å². The quantitative estimate of drug-likeness (QED) is 0.541. The molecule has 0 spiro atoms. The first-order chi connectivity index (χ1) is 13.3. The highest BCUT2D eigenvalue weighted by Crippen LogP contribution is 2.43. The Morgan fingerprint density at radius 2 is 1.33 bits per heavy atom. The molecule has 1 aliphatic heterocycles. The Hall–Kier alpha value is -3.17. The van der Waals surface area contributed by atoms with Crippen molar-refractivity contribution >= 4 is 11.4 Å². The summed E-state index contributed by atoms with van der Waals surface area (Å²) in [5, 5.41) is 5.23. The van der Waals surface area contributed by atoms with Crippen LogP contribution in [-0.2, 0) is 4.74 Å². The summed E-state index contributed by atoms with van der Waals surface area (Å²) < 4.78 is 6.18. The Bertz CT molecular complexity index is 965. The number of hydrogen-bond donors (Lipinski definition) is 0. The number of nitrogens with zero attached hydrogens (tertiary/aromatic N) is 2. The van der Waals surface area contributed by atoms with E-state index in [0.29, 0.717) is 0 Å². The van der Waals surface area contributed by atoms with Crippen LogP contribution in [-0.4, -0.2) is 12.8 Å². The van der Waals surface area contributed by atoms with Crippen LogP contribution in [0.15, 0.2) is 108 Å². The van der Waals surface area contributed by atoms with Crippen molar-refractivity contribution in [2.24, 2.45) is 5.10 Å². The highest BCUT2D eigenvalue weighted by atomic mass is 16.5. The molecule has 0 radical (unpaired) electrons. The van der Waals surface area contributed by atoms with Crippen molar-refractivity contribution in [3.63, 3.8) is 0 Å². The molecule has 2 unspecified atom stereocenters. The van der Waals surface area contributed by atoms with Crippen LogP contribution in [0.25, 0.3) is 0 Å². The third kappa shape index (κ3) is 2.96. The van der Waals surface area contributed by atoms with E-state index in [4.69, 9.17) is 9.84 Å². The lowest BCUT2D eigenvalue weighted by molar-refractivity contribution is 0.135. The van der Waals surface area contributed by atoms with Gasteiger partial charge in [-0.2, -0.15) is 0 Å². The predicted molar refractivity (Wildman–Crippen MR) is 111 cm³/mol. The lowest BCUT2D eigenvalue weighted by Crippen LogP contribution is -2.44. The molecule has 0 bridgehead atoms. The van der Waals surface area contributed by atoms with Crippen LogP contribution in [0.2, 0.25) is 0 Å². The number of benzene rings is 3. The molecule has 2 atom stereocenters. The van der Waals surface area contributed by atoms with Gasteiger partial charge >= 0.3 is 5.88 Å². The molecule has 27 heavy (non-hydrogen) atoms. The van der Waals surface area contributed by atoms with Crippen LogP contribution in [0.5, 0.6) is 0 Å². The van der Waals surface area contributed by atoms with E-state index >= 15 is 0 Å². The number of rotatable bonds is 5. The van der Waals surface area contributed by atoms with Crippen LogP contribution >= 0.6 is 0 Å². The molecule has 3 nitrogen and oxygen atoms in total. The second-order valence-electron chi connectivity index (χ2n) is 6.65. The van der Waals surface area contributed by atoms with Gasteiger partial charge in [0.1, 0.15) is 11.8 Å². The monoisotopic (exact) mass is 355 g/mol. The average Bonchev–Trinajstić information content (AvgIpc) is 3.16. The zero-order valence-electron chi connectivity index (χ0n) is 15.6. The molecule has 3 aromatic rings. The van der Waals surface area contributed by atoms with E-state index < -0.39 is 0 Å². The highest BCUT2D eigenvalue weighted by molar-refractivity contribution is 6.10. The van der Waals surface area contributed by atoms with E-state index in [2.05, 4.69) is 73.7 Å². The number of hydrogen-bond acceptors (Lipinski definition) is 2. The largest absolute Gasteiger partial charge is 0.453 e. The van der Waals surface area contributed by atoms with E-state index in [1.54, 1.807) is 7.11 Å². The van der Waals surface area contributed by atoms with Crippen molar-refractivity contribution in [3.8, 4) is 0 Å². The molecule has 0 aromatic heterocycles. The predicted octanol–water partition coefficient (Wildman–Crippen LogP) is 5.66. The number of methoxy groups -OCH3 is 1. The van der Waals surface area contributed by atoms with Gasteiger partial charge in [0.2, 0.25) is 0 Å². The molecular formula is C24H23N2O+. The van der Waals surface area contributed by atoms with Gasteiger partial charge in [0.25, 0.3) is 0 Å². The fourth-order valence-electron chi connectivity index (χ4n) is 3.70. The number of ether oxygens (including phenoxy) is 1. The standard InChI is InChI=1S/C24H23N2O/c1-19(20-12-6-3-7-13-20)26(22-16-10-5-11-17-22)24(27-2)18-23(25-26)21-14-8-4-9-15-21/h3-19H,1-2H3/q+1. The molecule has 0 N–H and O–H groups in total. The smallest absolute Gasteiger partial charge is 0.326 e. The van der Waals surface area contributed by atoms with E-state index in [-0.39, 0.29) is 10.6 Å². The molecule has 4 rings (SSSR count). The Balaban J connectivity index is 1.93. The van der Waals surface area contributed by atoms with Crippen LogP contribution in [0.1, 0.15) is 24.1 Å². The zero-order valence-corrected chi connectivity index (χ0v) is 15.6. The first kappa shape index (κ1) is 17.3. The van der Waals surface area contributed by atoms with Crippen molar-refractivity contribution in [1.29, 1.82) is 0 Å². The van der Waals surface area contributed by atoms with E-state index in [1.807, 2.05) is 30.3 Å². The maximum Gasteiger partial charge on any atom is 0.326 e. The fourth-order valence-corrected chi connectivity index (χ4v) is 3.70. The normalized spacial score (nSPS) is 19.9.